The van der Waals surface area contributed by atoms with Gasteiger partial charge in [-0.1, -0.05) is 314 Å². The van der Waals surface area contributed by atoms with Gasteiger partial charge in [-0.25, -0.2) is 0 Å². The van der Waals surface area contributed by atoms with Gasteiger partial charge in [-0.3, -0.25) is 9.59 Å². The number of carbonyl (C=O) groups is 2. The molecule has 2 unspecified atom stereocenters. The molecule has 72 heavy (non-hydrogen) atoms. The minimum Gasteiger partial charge on any atom is -0.466 e. The fourth-order valence-corrected chi connectivity index (χ4v) is 10.2. The predicted octanol–water partition coefficient (Wildman–Crippen LogP) is 20.6. The van der Waals surface area contributed by atoms with Gasteiger partial charge in [-0.05, 0) is 57.8 Å². The molecular formula is C66H127NO5. The zero-order chi connectivity index (χ0) is 52.2. The number of ether oxygens (including phenoxy) is 1. The molecule has 0 aromatic heterocycles. The predicted molar refractivity (Wildman–Crippen MR) is 315 cm³/mol. The second kappa shape index (κ2) is 61.9. The summed E-state index contributed by atoms with van der Waals surface area (Å²) in [5.41, 5.74) is 0. The third kappa shape index (κ3) is 57.6. The summed E-state index contributed by atoms with van der Waals surface area (Å²) < 4.78 is 5.50. The van der Waals surface area contributed by atoms with Crippen LogP contribution in [0.15, 0.2) is 24.3 Å². The summed E-state index contributed by atoms with van der Waals surface area (Å²) in [6, 6.07) is -0.630. The Morgan fingerprint density at radius 2 is 0.653 bits per heavy atom. The molecule has 0 fully saturated rings. The average Bonchev–Trinajstić information content (AvgIpc) is 3.38. The second-order valence-electron chi connectivity index (χ2n) is 22.5. The number of hydrogen-bond donors (Lipinski definition) is 3. The second-order valence-corrected chi connectivity index (χ2v) is 22.5. The quantitative estimate of drug-likeness (QED) is 0.0320. The van der Waals surface area contributed by atoms with Gasteiger partial charge in [0, 0.05) is 12.8 Å². The van der Waals surface area contributed by atoms with Crippen LogP contribution in [0.4, 0.5) is 0 Å². The molecule has 1 amide bonds. The van der Waals surface area contributed by atoms with Crippen molar-refractivity contribution in [2.45, 2.75) is 373 Å². The molecule has 426 valence electrons. The van der Waals surface area contributed by atoms with E-state index in [0.29, 0.717) is 19.4 Å². The van der Waals surface area contributed by atoms with Crippen molar-refractivity contribution in [3.63, 3.8) is 0 Å². The lowest BCUT2D eigenvalue weighted by Crippen LogP contribution is -2.45. The fourth-order valence-electron chi connectivity index (χ4n) is 10.2. The van der Waals surface area contributed by atoms with Crippen LogP contribution in [0.5, 0.6) is 0 Å². The van der Waals surface area contributed by atoms with E-state index in [2.05, 4.69) is 31.3 Å². The molecule has 2 atom stereocenters. The zero-order valence-electron chi connectivity index (χ0n) is 48.7. The van der Waals surface area contributed by atoms with Crippen molar-refractivity contribution in [2.75, 3.05) is 13.2 Å². The summed E-state index contributed by atoms with van der Waals surface area (Å²) in [4.78, 5) is 24.6. The maximum atomic E-state index is 12.5. The minimum atomic E-state index is -0.847. The van der Waals surface area contributed by atoms with E-state index in [-0.39, 0.29) is 18.5 Å². The van der Waals surface area contributed by atoms with Crippen molar-refractivity contribution in [3.05, 3.63) is 24.3 Å². The van der Waals surface area contributed by atoms with Crippen LogP contribution in [0.3, 0.4) is 0 Å². The molecule has 0 bridgehead atoms. The van der Waals surface area contributed by atoms with E-state index in [1.54, 1.807) is 6.08 Å². The third-order valence-electron chi connectivity index (χ3n) is 15.2. The molecule has 0 aliphatic carbocycles. The Balaban J connectivity index is 3.40. The van der Waals surface area contributed by atoms with E-state index in [1.807, 2.05) is 6.08 Å². The van der Waals surface area contributed by atoms with Crippen molar-refractivity contribution in [2.24, 2.45) is 0 Å². The van der Waals surface area contributed by atoms with Crippen LogP contribution < -0.4 is 5.32 Å². The summed E-state index contributed by atoms with van der Waals surface area (Å²) >= 11 is 0. The fraction of sp³-hybridized carbons (Fsp3) is 0.909. The molecule has 0 heterocycles. The van der Waals surface area contributed by atoms with Gasteiger partial charge in [0.25, 0.3) is 0 Å². The largest absolute Gasteiger partial charge is 0.466 e. The molecule has 0 aliphatic rings. The van der Waals surface area contributed by atoms with Gasteiger partial charge in [0.15, 0.2) is 0 Å². The lowest BCUT2D eigenvalue weighted by atomic mass is 10.0. The molecule has 0 aliphatic heterocycles. The van der Waals surface area contributed by atoms with E-state index in [1.165, 1.54) is 289 Å². The highest BCUT2D eigenvalue weighted by atomic mass is 16.5. The molecule has 0 radical (unpaired) electrons. The van der Waals surface area contributed by atoms with Crippen LogP contribution in [0.25, 0.3) is 0 Å². The number of allylic oxidation sites excluding steroid dienone is 3. The molecule has 6 nitrogen and oxygen atoms in total. The summed E-state index contributed by atoms with van der Waals surface area (Å²) in [6.07, 6.45) is 76.5. The number of amides is 1. The van der Waals surface area contributed by atoms with E-state index in [0.717, 1.165) is 44.9 Å². The van der Waals surface area contributed by atoms with Gasteiger partial charge in [0.05, 0.1) is 25.4 Å². The molecule has 0 saturated carbocycles. The van der Waals surface area contributed by atoms with Crippen molar-refractivity contribution < 1.29 is 24.5 Å². The first-order valence-corrected chi connectivity index (χ1v) is 32.6. The van der Waals surface area contributed by atoms with Gasteiger partial charge in [-0.15, -0.1) is 0 Å². The van der Waals surface area contributed by atoms with E-state index >= 15 is 0 Å². The van der Waals surface area contributed by atoms with Gasteiger partial charge >= 0.3 is 5.97 Å². The van der Waals surface area contributed by atoms with E-state index < -0.39 is 12.1 Å². The summed E-state index contributed by atoms with van der Waals surface area (Å²) in [5.74, 6) is -0.0597. The molecule has 0 spiro atoms. The number of aliphatic hydroxyl groups excluding tert-OH is 2. The molecule has 0 aromatic rings. The SMILES string of the molecule is CCCCCCCC/C=C\CCCCCCCCCCCC(=O)OCCCCCCCCCCCCCCCCCCCCCC(=O)NC(CO)C(O)/C=C/CCCCCCCCCCCCCCCCC. The lowest BCUT2D eigenvalue weighted by Gasteiger charge is -2.20. The normalized spacial score (nSPS) is 12.7. The maximum absolute atomic E-state index is 12.5. The summed E-state index contributed by atoms with van der Waals surface area (Å²) in [6.45, 7) is 4.92. The molecule has 3 N–H and O–H groups in total. The topological polar surface area (TPSA) is 95.9 Å². The summed E-state index contributed by atoms with van der Waals surface area (Å²) in [7, 11) is 0. The lowest BCUT2D eigenvalue weighted by molar-refractivity contribution is -0.143. The first-order chi connectivity index (χ1) is 35.5. The smallest absolute Gasteiger partial charge is 0.305 e. The number of hydrogen-bond acceptors (Lipinski definition) is 5. The van der Waals surface area contributed by atoms with Gasteiger partial charge in [-0.2, -0.15) is 0 Å². The highest BCUT2D eigenvalue weighted by Gasteiger charge is 2.18. The molecule has 6 heteroatoms. The number of unbranched alkanes of at least 4 members (excludes halogenated alkanes) is 48. The van der Waals surface area contributed by atoms with Crippen molar-refractivity contribution in [1.82, 2.24) is 5.32 Å². The number of aliphatic hydroxyl groups is 2. The van der Waals surface area contributed by atoms with Gasteiger partial charge < -0.3 is 20.3 Å². The molecular weight excluding hydrogens is 887 g/mol. The average molecular weight is 1010 g/mol. The van der Waals surface area contributed by atoms with Crippen LogP contribution in [0.1, 0.15) is 361 Å². The Labute approximate surface area is 450 Å². The minimum absolute atomic E-state index is 0.00854. The van der Waals surface area contributed by atoms with Gasteiger partial charge in [0.2, 0.25) is 5.91 Å². The van der Waals surface area contributed by atoms with Crippen LogP contribution in [0.2, 0.25) is 0 Å². The number of carbonyl (C=O) groups excluding carboxylic acids is 2. The van der Waals surface area contributed by atoms with Crippen molar-refractivity contribution in [3.8, 4) is 0 Å². The maximum Gasteiger partial charge on any atom is 0.305 e. The molecule has 0 rings (SSSR count). The monoisotopic (exact) mass is 1010 g/mol. The van der Waals surface area contributed by atoms with Crippen LogP contribution in [-0.2, 0) is 14.3 Å². The first-order valence-electron chi connectivity index (χ1n) is 32.6. The zero-order valence-corrected chi connectivity index (χ0v) is 48.7. The summed E-state index contributed by atoms with van der Waals surface area (Å²) in [5, 5.41) is 23.2. The highest BCUT2D eigenvalue weighted by molar-refractivity contribution is 5.76. The van der Waals surface area contributed by atoms with Crippen molar-refractivity contribution in [1.29, 1.82) is 0 Å². The Morgan fingerprint density at radius 1 is 0.375 bits per heavy atom. The van der Waals surface area contributed by atoms with E-state index in [4.69, 9.17) is 4.74 Å². The first kappa shape index (κ1) is 70.3. The third-order valence-corrected chi connectivity index (χ3v) is 15.2. The van der Waals surface area contributed by atoms with Gasteiger partial charge in [0.1, 0.15) is 0 Å². The Kier molecular flexibility index (Phi) is 60.5. The van der Waals surface area contributed by atoms with E-state index in [9.17, 15) is 19.8 Å². The molecule has 0 aromatic carbocycles. The standard InChI is InChI=1S/C66H127NO5/c1-3-5-7-9-11-13-15-17-19-21-23-28-32-36-40-44-48-52-56-60-66(71)72-61-57-53-49-45-41-37-33-29-25-22-24-27-31-35-39-43-47-51-55-59-65(70)67-63(62-68)64(69)58-54-50-46-42-38-34-30-26-20-18-16-14-12-10-8-6-4-2/h17,19,54,58,63-64,68-69H,3-16,18,20-53,55-57,59-62H2,1-2H3,(H,67,70)/b19-17-,58-54+. The number of rotatable bonds is 61. The Morgan fingerprint density at radius 3 is 0.986 bits per heavy atom. The molecule has 0 saturated heterocycles. The highest BCUT2D eigenvalue weighted by Crippen LogP contribution is 2.18. The van der Waals surface area contributed by atoms with Crippen LogP contribution in [-0.4, -0.2) is 47.4 Å². The van der Waals surface area contributed by atoms with Crippen LogP contribution >= 0.6 is 0 Å². The Bertz CT molecular complexity index is 1120. The Hall–Kier alpha value is -1.66. The van der Waals surface area contributed by atoms with Crippen molar-refractivity contribution >= 4 is 11.9 Å². The van der Waals surface area contributed by atoms with Crippen LogP contribution in [0, 0.1) is 0 Å². The number of nitrogens with one attached hydrogen (secondary N) is 1. The number of esters is 1.